The van der Waals surface area contributed by atoms with E-state index >= 15 is 0 Å². The molecular formula is C20H21NO2. The zero-order valence-corrected chi connectivity index (χ0v) is 13.9. The van der Waals surface area contributed by atoms with E-state index in [0.29, 0.717) is 5.76 Å². The van der Waals surface area contributed by atoms with Crippen molar-refractivity contribution in [1.82, 2.24) is 0 Å². The highest BCUT2D eigenvalue weighted by Crippen LogP contribution is 2.24. The lowest BCUT2D eigenvalue weighted by molar-refractivity contribution is 0.0998. The first kappa shape index (κ1) is 15.3. The van der Waals surface area contributed by atoms with Gasteiger partial charge in [-0.25, -0.2) is 0 Å². The van der Waals surface area contributed by atoms with Gasteiger partial charge in [0.15, 0.2) is 5.76 Å². The first-order valence-corrected chi connectivity index (χ1v) is 7.75. The van der Waals surface area contributed by atoms with Crippen LogP contribution in [0, 0.1) is 6.92 Å². The van der Waals surface area contributed by atoms with Gasteiger partial charge in [0.05, 0.1) is 0 Å². The van der Waals surface area contributed by atoms with E-state index in [1.54, 1.807) is 6.07 Å². The number of fused-ring (bicyclic) bond motifs is 1. The molecule has 1 amide bonds. The Hall–Kier alpha value is -2.55. The van der Waals surface area contributed by atoms with Crippen molar-refractivity contribution in [2.45, 2.75) is 33.1 Å². The highest BCUT2D eigenvalue weighted by Gasteiger charge is 2.15. The summed E-state index contributed by atoms with van der Waals surface area (Å²) in [4.78, 5) is 12.3. The number of anilines is 1. The van der Waals surface area contributed by atoms with E-state index in [1.807, 2.05) is 49.4 Å². The molecule has 0 radical (unpaired) electrons. The van der Waals surface area contributed by atoms with Crippen LogP contribution in [0.4, 0.5) is 5.69 Å². The van der Waals surface area contributed by atoms with Gasteiger partial charge in [0.25, 0.3) is 5.91 Å². The molecule has 1 N–H and O–H groups in total. The number of carbonyl (C=O) groups excluding carboxylic acids is 1. The van der Waals surface area contributed by atoms with Gasteiger partial charge in [-0.15, -0.1) is 0 Å². The lowest BCUT2D eigenvalue weighted by Gasteiger charge is -2.19. The Morgan fingerprint density at radius 3 is 2.35 bits per heavy atom. The fourth-order valence-electron chi connectivity index (χ4n) is 2.50. The summed E-state index contributed by atoms with van der Waals surface area (Å²) in [5.74, 6) is 0.0906. The molecule has 0 fully saturated rings. The Morgan fingerprint density at radius 2 is 1.70 bits per heavy atom. The van der Waals surface area contributed by atoms with E-state index in [9.17, 15) is 4.79 Å². The SMILES string of the molecule is Cc1ccc2cc(C(=O)Nc3ccc(C(C)(C)C)cc3)oc2c1. The van der Waals surface area contributed by atoms with E-state index in [-0.39, 0.29) is 11.3 Å². The molecule has 3 rings (SSSR count). The van der Waals surface area contributed by atoms with Crippen molar-refractivity contribution in [2.75, 3.05) is 5.32 Å². The van der Waals surface area contributed by atoms with Crippen molar-refractivity contribution in [3.8, 4) is 0 Å². The largest absolute Gasteiger partial charge is 0.451 e. The van der Waals surface area contributed by atoms with Gasteiger partial charge in [-0.2, -0.15) is 0 Å². The minimum absolute atomic E-state index is 0.0964. The normalized spacial score (nSPS) is 11.7. The molecule has 1 heterocycles. The maximum absolute atomic E-state index is 12.3. The van der Waals surface area contributed by atoms with E-state index in [1.165, 1.54) is 5.56 Å². The molecule has 0 spiro atoms. The molecule has 3 nitrogen and oxygen atoms in total. The molecule has 2 aromatic carbocycles. The Balaban J connectivity index is 1.80. The van der Waals surface area contributed by atoms with Gasteiger partial charge in [-0.1, -0.05) is 45.0 Å². The number of hydrogen-bond acceptors (Lipinski definition) is 2. The Bertz CT molecular complexity index is 851. The maximum atomic E-state index is 12.3. The van der Waals surface area contributed by atoms with Gasteiger partial charge in [0.2, 0.25) is 0 Å². The zero-order chi connectivity index (χ0) is 16.6. The molecule has 0 atom stereocenters. The predicted molar refractivity (Wildman–Crippen MR) is 94.0 cm³/mol. The molecular weight excluding hydrogens is 286 g/mol. The van der Waals surface area contributed by atoms with Crippen molar-refractivity contribution >= 4 is 22.6 Å². The quantitative estimate of drug-likeness (QED) is 0.699. The van der Waals surface area contributed by atoms with E-state index < -0.39 is 0 Å². The number of rotatable bonds is 2. The molecule has 118 valence electrons. The number of benzene rings is 2. The average molecular weight is 307 g/mol. The summed E-state index contributed by atoms with van der Waals surface area (Å²) in [7, 11) is 0. The van der Waals surface area contributed by atoms with E-state index in [2.05, 4.69) is 26.1 Å². The third-order valence-corrected chi connectivity index (χ3v) is 3.91. The van der Waals surface area contributed by atoms with Crippen LogP contribution in [-0.2, 0) is 5.41 Å². The number of aryl methyl sites for hydroxylation is 1. The summed E-state index contributed by atoms with van der Waals surface area (Å²) in [6.07, 6.45) is 0. The maximum Gasteiger partial charge on any atom is 0.291 e. The molecule has 0 saturated heterocycles. The van der Waals surface area contributed by atoms with Crippen LogP contribution in [0.2, 0.25) is 0 Å². The second-order valence-corrected chi connectivity index (χ2v) is 6.93. The van der Waals surface area contributed by atoms with Gasteiger partial charge in [0, 0.05) is 11.1 Å². The summed E-state index contributed by atoms with van der Waals surface area (Å²) >= 11 is 0. The van der Waals surface area contributed by atoms with Crippen molar-refractivity contribution in [1.29, 1.82) is 0 Å². The van der Waals surface area contributed by atoms with Crippen LogP contribution >= 0.6 is 0 Å². The standard InChI is InChI=1S/C20H21NO2/c1-13-5-6-14-12-18(23-17(14)11-13)19(22)21-16-9-7-15(8-10-16)20(2,3)4/h5-12H,1-4H3,(H,21,22). The highest BCUT2D eigenvalue weighted by atomic mass is 16.3. The van der Waals surface area contributed by atoms with Gasteiger partial charge < -0.3 is 9.73 Å². The predicted octanol–water partition coefficient (Wildman–Crippen LogP) is 5.29. The number of amides is 1. The Morgan fingerprint density at radius 1 is 1.00 bits per heavy atom. The van der Waals surface area contributed by atoms with Crippen LogP contribution in [-0.4, -0.2) is 5.91 Å². The smallest absolute Gasteiger partial charge is 0.291 e. The second-order valence-electron chi connectivity index (χ2n) is 6.93. The monoisotopic (exact) mass is 307 g/mol. The summed E-state index contributed by atoms with van der Waals surface area (Å²) < 4.78 is 5.65. The van der Waals surface area contributed by atoms with Gasteiger partial charge >= 0.3 is 0 Å². The first-order valence-electron chi connectivity index (χ1n) is 7.75. The van der Waals surface area contributed by atoms with Crippen LogP contribution in [0.5, 0.6) is 0 Å². The molecule has 3 aromatic rings. The van der Waals surface area contributed by atoms with Crippen molar-refractivity contribution in [3.63, 3.8) is 0 Å². The van der Waals surface area contributed by atoms with Gasteiger partial charge in [-0.3, -0.25) is 4.79 Å². The van der Waals surface area contributed by atoms with Crippen molar-refractivity contribution < 1.29 is 9.21 Å². The topological polar surface area (TPSA) is 42.2 Å². The third-order valence-electron chi connectivity index (χ3n) is 3.91. The van der Waals surface area contributed by atoms with Crippen LogP contribution in [0.3, 0.4) is 0 Å². The Labute approximate surface area is 136 Å². The molecule has 0 aliphatic carbocycles. The highest BCUT2D eigenvalue weighted by molar-refractivity contribution is 6.04. The Kier molecular flexibility index (Phi) is 3.72. The van der Waals surface area contributed by atoms with Crippen molar-refractivity contribution in [2.24, 2.45) is 0 Å². The number of nitrogens with one attached hydrogen (secondary N) is 1. The molecule has 0 aliphatic rings. The minimum atomic E-state index is -0.234. The minimum Gasteiger partial charge on any atom is -0.451 e. The van der Waals surface area contributed by atoms with E-state index in [0.717, 1.165) is 22.2 Å². The number of hydrogen-bond donors (Lipinski definition) is 1. The fourth-order valence-corrected chi connectivity index (χ4v) is 2.50. The molecule has 23 heavy (non-hydrogen) atoms. The molecule has 3 heteroatoms. The molecule has 0 saturated carbocycles. The number of furan rings is 1. The van der Waals surface area contributed by atoms with Crippen LogP contribution in [0.25, 0.3) is 11.0 Å². The molecule has 0 aliphatic heterocycles. The average Bonchev–Trinajstić information content (AvgIpc) is 2.90. The third kappa shape index (κ3) is 3.29. The van der Waals surface area contributed by atoms with Gasteiger partial charge in [-0.05, 0) is 47.7 Å². The zero-order valence-electron chi connectivity index (χ0n) is 13.9. The van der Waals surface area contributed by atoms with E-state index in [4.69, 9.17) is 4.42 Å². The number of carbonyl (C=O) groups is 1. The summed E-state index contributed by atoms with van der Waals surface area (Å²) in [5.41, 5.74) is 3.93. The lowest BCUT2D eigenvalue weighted by atomic mass is 9.87. The summed E-state index contributed by atoms with van der Waals surface area (Å²) in [6.45, 7) is 8.49. The first-order chi connectivity index (χ1) is 10.8. The van der Waals surface area contributed by atoms with Crippen LogP contribution < -0.4 is 5.32 Å². The summed E-state index contributed by atoms with van der Waals surface area (Å²) in [6, 6.07) is 15.6. The second kappa shape index (κ2) is 5.58. The lowest BCUT2D eigenvalue weighted by Crippen LogP contribution is -2.13. The van der Waals surface area contributed by atoms with Gasteiger partial charge in [0.1, 0.15) is 5.58 Å². The van der Waals surface area contributed by atoms with Crippen LogP contribution in [0.1, 0.15) is 42.5 Å². The summed E-state index contributed by atoms with van der Waals surface area (Å²) in [5, 5.41) is 3.81. The molecule has 0 unspecified atom stereocenters. The van der Waals surface area contributed by atoms with Crippen LogP contribution in [0.15, 0.2) is 52.9 Å². The molecule has 1 aromatic heterocycles. The van der Waals surface area contributed by atoms with Crippen molar-refractivity contribution in [3.05, 3.63) is 65.4 Å². The fraction of sp³-hybridized carbons (Fsp3) is 0.250. The molecule has 0 bridgehead atoms.